The van der Waals surface area contributed by atoms with Crippen LogP contribution >= 0.6 is 0 Å². The molecule has 0 saturated carbocycles. The fourth-order valence-electron chi connectivity index (χ4n) is 3.08. The van der Waals surface area contributed by atoms with E-state index in [9.17, 15) is 9.90 Å². The van der Waals surface area contributed by atoms with Crippen molar-refractivity contribution in [1.29, 1.82) is 5.26 Å². The van der Waals surface area contributed by atoms with Gasteiger partial charge in [0.05, 0.1) is 25.1 Å². The van der Waals surface area contributed by atoms with E-state index >= 15 is 0 Å². The van der Waals surface area contributed by atoms with Crippen molar-refractivity contribution < 1.29 is 9.90 Å². The summed E-state index contributed by atoms with van der Waals surface area (Å²) < 4.78 is 0. The van der Waals surface area contributed by atoms with Crippen LogP contribution in [0.1, 0.15) is 22.7 Å². The molecule has 2 amide bonds. The van der Waals surface area contributed by atoms with Gasteiger partial charge in [-0.15, -0.1) is 0 Å². The molecule has 0 aliphatic carbocycles. The van der Waals surface area contributed by atoms with Crippen LogP contribution in [0.2, 0.25) is 0 Å². The van der Waals surface area contributed by atoms with E-state index in [2.05, 4.69) is 11.4 Å². The Morgan fingerprint density at radius 3 is 2.71 bits per heavy atom. The molecule has 1 atom stereocenters. The van der Waals surface area contributed by atoms with Crippen molar-refractivity contribution in [3.05, 3.63) is 65.2 Å². The molecule has 0 spiro atoms. The minimum absolute atomic E-state index is 0.106. The van der Waals surface area contributed by atoms with Gasteiger partial charge in [-0.05, 0) is 35.2 Å². The van der Waals surface area contributed by atoms with E-state index in [0.29, 0.717) is 18.7 Å². The zero-order valence-electron chi connectivity index (χ0n) is 13.3. The van der Waals surface area contributed by atoms with Crippen LogP contribution in [0.3, 0.4) is 0 Å². The molecule has 2 aromatic rings. The summed E-state index contributed by atoms with van der Waals surface area (Å²) in [4.78, 5) is 14.3. The Hall–Kier alpha value is -2.84. The highest BCUT2D eigenvalue weighted by molar-refractivity contribution is 5.89. The number of nitrogens with zero attached hydrogens (tertiary/aromatic N) is 2. The van der Waals surface area contributed by atoms with Gasteiger partial charge in [0.2, 0.25) is 0 Å². The van der Waals surface area contributed by atoms with E-state index in [-0.39, 0.29) is 18.7 Å². The van der Waals surface area contributed by atoms with Crippen LogP contribution in [0.15, 0.2) is 48.5 Å². The summed E-state index contributed by atoms with van der Waals surface area (Å²) in [5.41, 5.74) is 3.78. The van der Waals surface area contributed by atoms with Gasteiger partial charge in [-0.3, -0.25) is 0 Å². The second kappa shape index (κ2) is 7.16. The Labute approximate surface area is 141 Å². The van der Waals surface area contributed by atoms with Crippen molar-refractivity contribution in [2.24, 2.45) is 0 Å². The summed E-state index contributed by atoms with van der Waals surface area (Å²) in [6, 6.07) is 16.7. The summed E-state index contributed by atoms with van der Waals surface area (Å²) in [6.45, 7) is 0.464. The highest BCUT2D eigenvalue weighted by atomic mass is 16.3. The number of nitrogens with one attached hydrogen (secondary N) is 1. The van der Waals surface area contributed by atoms with Gasteiger partial charge in [-0.25, -0.2) is 4.79 Å². The van der Waals surface area contributed by atoms with Crippen molar-refractivity contribution in [1.82, 2.24) is 4.90 Å². The highest BCUT2D eigenvalue weighted by Gasteiger charge is 2.30. The monoisotopic (exact) mass is 321 g/mol. The maximum Gasteiger partial charge on any atom is 0.322 e. The van der Waals surface area contributed by atoms with Crippen LogP contribution in [-0.2, 0) is 12.8 Å². The third kappa shape index (κ3) is 3.24. The first-order valence-electron chi connectivity index (χ1n) is 7.95. The largest absolute Gasteiger partial charge is 0.394 e. The van der Waals surface area contributed by atoms with Gasteiger partial charge in [0, 0.05) is 12.2 Å². The number of hydrogen-bond acceptors (Lipinski definition) is 3. The van der Waals surface area contributed by atoms with Gasteiger partial charge < -0.3 is 15.3 Å². The Morgan fingerprint density at radius 2 is 2.00 bits per heavy atom. The number of aliphatic hydroxyl groups excluding tert-OH is 1. The van der Waals surface area contributed by atoms with Crippen LogP contribution in [0.5, 0.6) is 0 Å². The number of hydrogen-bond donors (Lipinski definition) is 2. The van der Waals surface area contributed by atoms with Gasteiger partial charge in [-0.2, -0.15) is 5.26 Å². The minimum atomic E-state index is -0.326. The molecular formula is C19H19N3O2. The Bertz CT molecular complexity index is 765. The first-order valence-corrected chi connectivity index (χ1v) is 7.95. The predicted molar refractivity (Wildman–Crippen MR) is 91.5 cm³/mol. The fourth-order valence-corrected chi connectivity index (χ4v) is 3.08. The average Bonchev–Trinajstić information content (AvgIpc) is 2.62. The SMILES string of the molecule is N#CCc1ccc(NC(=O)N2CCc3ccccc3C2CO)cc1. The second-order valence-corrected chi connectivity index (χ2v) is 5.80. The lowest BCUT2D eigenvalue weighted by Gasteiger charge is -2.36. The molecule has 0 aromatic heterocycles. The number of anilines is 1. The van der Waals surface area contributed by atoms with Gasteiger partial charge >= 0.3 is 6.03 Å². The number of nitriles is 1. The minimum Gasteiger partial charge on any atom is -0.394 e. The summed E-state index contributed by atoms with van der Waals surface area (Å²) in [6.07, 6.45) is 1.13. The molecule has 0 bridgehead atoms. The lowest BCUT2D eigenvalue weighted by Crippen LogP contribution is -2.43. The van der Waals surface area contributed by atoms with E-state index in [0.717, 1.165) is 17.5 Å². The first-order chi connectivity index (χ1) is 11.7. The maximum absolute atomic E-state index is 12.6. The molecule has 0 saturated heterocycles. The Kier molecular flexibility index (Phi) is 4.78. The molecule has 0 radical (unpaired) electrons. The van der Waals surface area contributed by atoms with E-state index in [4.69, 9.17) is 5.26 Å². The zero-order chi connectivity index (χ0) is 16.9. The van der Waals surface area contributed by atoms with E-state index in [1.807, 2.05) is 36.4 Å². The summed E-state index contributed by atoms with van der Waals surface area (Å²) in [5.74, 6) is 0. The van der Waals surface area contributed by atoms with Crippen LogP contribution in [0, 0.1) is 11.3 Å². The molecule has 122 valence electrons. The summed E-state index contributed by atoms with van der Waals surface area (Å²) >= 11 is 0. The number of amides is 2. The van der Waals surface area contributed by atoms with Gasteiger partial charge in [-0.1, -0.05) is 36.4 Å². The lowest BCUT2D eigenvalue weighted by atomic mass is 9.93. The van der Waals surface area contributed by atoms with Crippen molar-refractivity contribution in [3.8, 4) is 6.07 Å². The molecule has 24 heavy (non-hydrogen) atoms. The molecule has 1 aliphatic heterocycles. The summed E-state index contributed by atoms with van der Waals surface area (Å²) in [7, 11) is 0. The Morgan fingerprint density at radius 1 is 1.25 bits per heavy atom. The maximum atomic E-state index is 12.6. The molecule has 1 unspecified atom stereocenters. The van der Waals surface area contributed by atoms with Crippen LogP contribution in [0.25, 0.3) is 0 Å². The zero-order valence-corrected chi connectivity index (χ0v) is 13.3. The molecule has 2 N–H and O–H groups in total. The van der Waals surface area contributed by atoms with Crippen molar-refractivity contribution in [2.75, 3.05) is 18.5 Å². The van der Waals surface area contributed by atoms with Gasteiger partial charge in [0.15, 0.2) is 0 Å². The van der Waals surface area contributed by atoms with Crippen LogP contribution in [-0.4, -0.2) is 29.2 Å². The van der Waals surface area contributed by atoms with E-state index in [1.165, 1.54) is 5.56 Å². The standard InChI is InChI=1S/C19H19N3O2/c20-11-9-14-5-7-16(8-6-14)21-19(24)22-12-10-15-3-1-2-4-17(15)18(22)13-23/h1-8,18,23H,9-10,12-13H2,(H,21,24). The quantitative estimate of drug-likeness (QED) is 0.912. The molecular weight excluding hydrogens is 302 g/mol. The van der Waals surface area contributed by atoms with Gasteiger partial charge in [0.25, 0.3) is 0 Å². The van der Waals surface area contributed by atoms with Gasteiger partial charge in [0.1, 0.15) is 0 Å². The molecule has 5 nitrogen and oxygen atoms in total. The molecule has 3 rings (SSSR count). The smallest absolute Gasteiger partial charge is 0.322 e. The highest BCUT2D eigenvalue weighted by Crippen LogP contribution is 2.29. The topological polar surface area (TPSA) is 76.4 Å². The molecule has 2 aromatic carbocycles. The number of carbonyl (C=O) groups excluding carboxylic acids is 1. The third-order valence-corrected chi connectivity index (χ3v) is 4.33. The fraction of sp³-hybridized carbons (Fsp3) is 0.263. The third-order valence-electron chi connectivity index (χ3n) is 4.33. The Balaban J connectivity index is 1.74. The predicted octanol–water partition coefficient (Wildman–Crippen LogP) is 2.88. The number of carbonyl (C=O) groups is 1. The van der Waals surface area contributed by atoms with E-state index in [1.54, 1.807) is 17.0 Å². The molecule has 1 heterocycles. The second-order valence-electron chi connectivity index (χ2n) is 5.80. The lowest BCUT2D eigenvalue weighted by molar-refractivity contribution is 0.135. The normalized spacial score (nSPS) is 16.2. The van der Waals surface area contributed by atoms with Crippen molar-refractivity contribution in [2.45, 2.75) is 18.9 Å². The molecule has 0 fully saturated rings. The average molecular weight is 321 g/mol. The number of fused-ring (bicyclic) bond motifs is 1. The van der Waals surface area contributed by atoms with Crippen LogP contribution < -0.4 is 5.32 Å². The van der Waals surface area contributed by atoms with Crippen molar-refractivity contribution >= 4 is 11.7 Å². The van der Waals surface area contributed by atoms with Crippen molar-refractivity contribution in [3.63, 3.8) is 0 Å². The number of rotatable bonds is 3. The molecule has 1 aliphatic rings. The molecule has 5 heteroatoms. The summed E-state index contributed by atoms with van der Waals surface area (Å²) in [5, 5.41) is 21.3. The van der Waals surface area contributed by atoms with E-state index < -0.39 is 0 Å². The number of urea groups is 1. The first kappa shape index (κ1) is 16.0. The number of aliphatic hydroxyl groups is 1. The number of benzene rings is 2. The van der Waals surface area contributed by atoms with Crippen LogP contribution in [0.4, 0.5) is 10.5 Å².